The van der Waals surface area contributed by atoms with Gasteiger partial charge in [-0.1, -0.05) is 32.9 Å². The number of anilines is 1. The second-order valence-corrected chi connectivity index (χ2v) is 18.5. The minimum absolute atomic E-state index is 0.00408. The van der Waals surface area contributed by atoms with Gasteiger partial charge in [0.15, 0.2) is 18.7 Å². The first-order valence-corrected chi connectivity index (χ1v) is 21.9. The number of Topliss-reactive ketones (excluding diaryl/α,β-unsaturated/α-hetero) is 1. The number of carbonyl (C=O) groups excluding carboxylic acids is 3. The van der Waals surface area contributed by atoms with Gasteiger partial charge in [0.05, 0.1) is 42.8 Å². The fourth-order valence-corrected chi connectivity index (χ4v) is 9.55. The zero-order valence-electron chi connectivity index (χ0n) is 37.5. The molecule has 2 bridgehead atoms. The van der Waals surface area contributed by atoms with Crippen LogP contribution < -0.4 is 5.73 Å². The summed E-state index contributed by atoms with van der Waals surface area (Å²) in [5.41, 5.74) is 0.757. The van der Waals surface area contributed by atoms with Crippen molar-refractivity contribution in [2.24, 2.45) is 27.9 Å². The maximum Gasteiger partial charge on any atom is 0.351 e. The Hall–Kier alpha value is -3.82. The third kappa shape index (κ3) is 10.9. The Labute approximate surface area is 366 Å². The second-order valence-electron chi connectivity index (χ2n) is 17.6. The highest BCUT2D eigenvalue weighted by atomic mass is 32.1. The normalized spacial score (nSPS) is 38.0. The van der Waals surface area contributed by atoms with Crippen LogP contribution in [0.1, 0.15) is 87.3 Å². The topological polar surface area (TPSA) is 227 Å². The largest absolute Gasteiger partial charge is 0.457 e. The number of fused-ring (bicyclic) bond motifs is 5. The fourth-order valence-electron chi connectivity index (χ4n) is 8.85. The lowest BCUT2D eigenvalue weighted by Crippen LogP contribution is -2.61. The molecule has 0 aliphatic carbocycles. The molecule has 3 saturated heterocycles. The van der Waals surface area contributed by atoms with Crippen molar-refractivity contribution in [1.29, 1.82) is 0 Å². The average molecular weight is 891 g/mol. The molecule has 3 aliphatic rings. The van der Waals surface area contributed by atoms with Crippen LogP contribution in [0.5, 0.6) is 0 Å². The third-order valence-electron chi connectivity index (χ3n) is 12.1. The van der Waals surface area contributed by atoms with Gasteiger partial charge < -0.3 is 49.4 Å². The number of rotatable bonds is 8. The van der Waals surface area contributed by atoms with Crippen molar-refractivity contribution in [2.45, 2.75) is 148 Å². The minimum Gasteiger partial charge on any atom is -0.457 e. The average Bonchev–Trinajstić information content (AvgIpc) is 3.64. The number of aliphatic imine (C=N–C) groups is 1. The van der Waals surface area contributed by atoms with E-state index in [1.165, 1.54) is 32.1 Å². The summed E-state index contributed by atoms with van der Waals surface area (Å²) in [6.07, 6.45) is -4.90. The first-order valence-electron chi connectivity index (χ1n) is 21.0. The number of amides is 1. The molecule has 0 spiro atoms. The summed E-state index contributed by atoms with van der Waals surface area (Å²) in [6, 6.07) is 3.18. The van der Waals surface area contributed by atoms with E-state index < -0.39 is 95.1 Å². The Morgan fingerprint density at radius 1 is 1.13 bits per heavy atom. The van der Waals surface area contributed by atoms with E-state index in [9.17, 15) is 24.6 Å². The Bertz CT molecular complexity index is 1960. The highest BCUT2D eigenvalue weighted by Gasteiger charge is 2.56. The summed E-state index contributed by atoms with van der Waals surface area (Å²) in [5, 5.41) is 30.9. The standard InChI is InChI=1S/C43H63FN6O11S/c1-12-31-43(9,55)37-24(4)33(47-26(6)51)22(2)16-41(7,57-19-29(18-56-37)49-58-20-28-14-13-27(17-46-28)38-48-32(45)21-62-38)36(25(5)35(53)42(8,44)40(54)60-31)61-39-34(52)30(50(10)11)15-23(3)59-39/h13-14,17,21-25,30-31,34,36-37,39,52,55H,12,15-16,18-20,45H2,1-11H3/b47-33?,49-29+/t22-,23-,24+,25+,30+,31-,34-,36-,37+,39+,41-,42+,43-/m1/s1. The van der Waals surface area contributed by atoms with E-state index in [0.29, 0.717) is 28.7 Å². The number of carbonyl (C=O) groups is 3. The van der Waals surface area contributed by atoms with Gasteiger partial charge in [0.25, 0.3) is 5.67 Å². The number of pyridine rings is 1. The smallest absolute Gasteiger partial charge is 0.351 e. The molecule has 1 amide bonds. The van der Waals surface area contributed by atoms with E-state index in [-0.39, 0.29) is 38.4 Å². The molecule has 5 heterocycles. The fraction of sp³-hybridized carbons (Fsp3) is 0.698. The van der Waals surface area contributed by atoms with E-state index in [0.717, 1.165) is 12.5 Å². The Balaban J connectivity index is 1.65. The molecule has 13 atom stereocenters. The number of ether oxygens (including phenoxy) is 5. The lowest BCUT2D eigenvalue weighted by molar-refractivity contribution is -0.296. The van der Waals surface area contributed by atoms with Crippen LogP contribution in [0.3, 0.4) is 0 Å². The minimum atomic E-state index is -3.23. The quantitative estimate of drug-likeness (QED) is 0.191. The van der Waals surface area contributed by atoms with Crippen LogP contribution in [0.4, 0.5) is 10.2 Å². The van der Waals surface area contributed by atoms with E-state index in [4.69, 9.17) is 34.3 Å². The van der Waals surface area contributed by atoms with Crippen LogP contribution in [-0.4, -0.2) is 141 Å². The van der Waals surface area contributed by atoms with Crippen molar-refractivity contribution in [3.8, 4) is 10.6 Å². The van der Waals surface area contributed by atoms with Gasteiger partial charge >= 0.3 is 5.97 Å². The predicted molar refractivity (Wildman–Crippen MR) is 229 cm³/mol. The first-order chi connectivity index (χ1) is 29.0. The summed E-state index contributed by atoms with van der Waals surface area (Å²) < 4.78 is 48.8. The number of esters is 1. The number of oxime groups is 1. The van der Waals surface area contributed by atoms with E-state index in [2.05, 4.69) is 20.1 Å². The van der Waals surface area contributed by atoms with Crippen molar-refractivity contribution in [3.63, 3.8) is 0 Å². The maximum atomic E-state index is 16.9. The third-order valence-corrected chi connectivity index (χ3v) is 13.1. The Kier molecular flexibility index (Phi) is 15.8. The van der Waals surface area contributed by atoms with E-state index in [1.807, 2.05) is 38.9 Å². The Morgan fingerprint density at radius 2 is 1.84 bits per heavy atom. The number of hydrogen-bond acceptors (Lipinski definition) is 17. The van der Waals surface area contributed by atoms with Gasteiger partial charge in [-0.05, 0) is 79.1 Å². The molecule has 17 nitrogen and oxygen atoms in total. The van der Waals surface area contributed by atoms with Crippen molar-refractivity contribution in [3.05, 3.63) is 29.4 Å². The number of alkyl halides is 1. The number of cyclic esters (lactones) is 1. The molecule has 0 aromatic carbocycles. The van der Waals surface area contributed by atoms with Crippen LogP contribution in [0, 0.1) is 17.8 Å². The lowest BCUT2D eigenvalue weighted by atomic mass is 9.73. The summed E-state index contributed by atoms with van der Waals surface area (Å²) in [5.74, 6) is -5.73. The Morgan fingerprint density at radius 3 is 2.44 bits per heavy atom. The van der Waals surface area contributed by atoms with Gasteiger partial charge in [0, 0.05) is 47.7 Å². The molecule has 0 unspecified atom stereocenters. The lowest BCUT2D eigenvalue weighted by Gasteiger charge is -2.47. The number of halogens is 1. The highest BCUT2D eigenvalue weighted by Crippen LogP contribution is 2.41. The summed E-state index contributed by atoms with van der Waals surface area (Å²) in [7, 11) is 3.63. The van der Waals surface area contributed by atoms with Crippen molar-refractivity contribution in [2.75, 3.05) is 33.0 Å². The molecule has 4 N–H and O–H groups in total. The van der Waals surface area contributed by atoms with Gasteiger partial charge in [-0.3, -0.25) is 14.6 Å². The molecule has 0 radical (unpaired) electrons. The van der Waals surface area contributed by atoms with Crippen LogP contribution in [0.25, 0.3) is 10.6 Å². The molecule has 344 valence electrons. The van der Waals surface area contributed by atoms with Gasteiger partial charge in [-0.2, -0.15) is 0 Å². The second kappa shape index (κ2) is 19.9. The van der Waals surface area contributed by atoms with Crippen LogP contribution >= 0.6 is 11.3 Å². The van der Waals surface area contributed by atoms with E-state index >= 15 is 4.39 Å². The molecule has 19 heteroatoms. The van der Waals surface area contributed by atoms with Crippen molar-refractivity contribution < 1.29 is 57.5 Å². The number of ketones is 1. The number of thiazole rings is 1. The van der Waals surface area contributed by atoms with Crippen molar-refractivity contribution in [1.82, 2.24) is 14.9 Å². The molecule has 5 rings (SSSR count). The van der Waals surface area contributed by atoms with E-state index in [1.54, 1.807) is 38.4 Å². The van der Waals surface area contributed by atoms with Gasteiger partial charge in [0.2, 0.25) is 5.91 Å². The van der Waals surface area contributed by atoms with Gasteiger partial charge in [-0.15, -0.1) is 11.3 Å². The number of aliphatic hydroxyl groups is 2. The zero-order valence-corrected chi connectivity index (χ0v) is 38.3. The highest BCUT2D eigenvalue weighted by molar-refractivity contribution is 7.13. The van der Waals surface area contributed by atoms with Crippen LogP contribution in [0.2, 0.25) is 0 Å². The molecular formula is C43H63FN6O11S. The van der Waals surface area contributed by atoms with Crippen LogP contribution in [-0.2, 0) is 49.5 Å². The molecule has 2 aromatic heterocycles. The molecule has 3 fully saturated rings. The summed E-state index contributed by atoms with van der Waals surface area (Å²) in [4.78, 5) is 62.0. The summed E-state index contributed by atoms with van der Waals surface area (Å²) >= 11 is 1.39. The number of aromatic nitrogens is 2. The number of hydrogen-bond donors (Lipinski definition) is 3. The number of likely N-dealkylation sites (N-methyl/N-ethyl adjacent to an activating group) is 1. The number of nitrogen functional groups attached to an aromatic ring is 1. The number of nitrogens with two attached hydrogens (primary N) is 1. The van der Waals surface area contributed by atoms with Gasteiger partial charge in [-0.25, -0.2) is 19.2 Å². The maximum absolute atomic E-state index is 16.9. The number of nitrogens with zero attached hydrogens (tertiary/aromatic N) is 5. The van der Waals surface area contributed by atoms with Crippen LogP contribution in [0.15, 0.2) is 33.9 Å². The zero-order chi connectivity index (χ0) is 45.9. The molecule has 3 aliphatic heterocycles. The summed E-state index contributed by atoms with van der Waals surface area (Å²) in [6.45, 7) is 12.9. The first kappa shape index (κ1) is 49.2. The predicted octanol–water partition coefficient (Wildman–Crippen LogP) is 4.31. The molecule has 0 saturated carbocycles. The SMILES string of the molecule is CC[C@H]1OC(=O)[C@@](C)(F)C(=O)[C@H](C)[C@@H](O[C@@H]2O[C@H](C)C[C@H](N(C)C)[C@H]2O)[C@@]2(C)C[C@@H](C)C(=NC(C)=O)[C@H](C)[C@H](OC/C(=N\OCc3ccc(-c4nc(N)cs4)cn3)CO2)[C@]1(C)O. The molecular weight excluding hydrogens is 828 g/mol. The molecule has 2 aromatic rings. The number of aliphatic hydroxyl groups excluding tert-OH is 1. The molecule has 62 heavy (non-hydrogen) atoms. The van der Waals surface area contributed by atoms with Gasteiger partial charge in [0.1, 0.15) is 34.3 Å². The monoisotopic (exact) mass is 890 g/mol. The van der Waals surface area contributed by atoms with Crippen molar-refractivity contribution >= 4 is 46.2 Å².